The summed E-state index contributed by atoms with van der Waals surface area (Å²) in [7, 11) is 0. The van der Waals surface area contributed by atoms with Crippen LogP contribution in [0.2, 0.25) is 0 Å². The van der Waals surface area contributed by atoms with E-state index in [0.29, 0.717) is 30.9 Å². The van der Waals surface area contributed by atoms with E-state index in [-0.39, 0.29) is 0 Å². The quantitative estimate of drug-likeness (QED) is 0.579. The van der Waals surface area contributed by atoms with Crippen LogP contribution in [-0.2, 0) is 12.7 Å². The molecule has 0 unspecified atom stereocenters. The van der Waals surface area contributed by atoms with Crippen LogP contribution in [0.5, 0.6) is 0 Å². The Bertz CT molecular complexity index is 1020. The first-order valence-electron chi connectivity index (χ1n) is 9.56. The second-order valence-electron chi connectivity index (χ2n) is 7.29. The summed E-state index contributed by atoms with van der Waals surface area (Å²) < 4.78 is 38.9. The van der Waals surface area contributed by atoms with Crippen molar-refractivity contribution < 1.29 is 18.0 Å². The Morgan fingerprint density at radius 2 is 1.66 bits per heavy atom. The van der Waals surface area contributed by atoms with Gasteiger partial charge in [0.15, 0.2) is 6.29 Å². The van der Waals surface area contributed by atoms with Crippen molar-refractivity contribution in [3.63, 3.8) is 0 Å². The standard InChI is InChI=1S/C23H21F3N2O/c24-23(25,26)19-5-3-6-20(14-19)28-12-10-27(11-13-28)15-18-9-8-17-4-1-2-7-21(17)22(18)16-29/h1-9,14,16H,10-13,15H2. The molecule has 1 fully saturated rings. The number of benzene rings is 3. The maximum atomic E-state index is 13.0. The van der Waals surface area contributed by atoms with Gasteiger partial charge >= 0.3 is 6.18 Å². The fourth-order valence-electron chi connectivity index (χ4n) is 3.90. The van der Waals surface area contributed by atoms with E-state index in [0.717, 1.165) is 41.8 Å². The second kappa shape index (κ2) is 7.87. The van der Waals surface area contributed by atoms with Crippen LogP contribution in [0.4, 0.5) is 18.9 Å². The monoisotopic (exact) mass is 398 g/mol. The lowest BCUT2D eigenvalue weighted by molar-refractivity contribution is -0.137. The molecule has 4 rings (SSSR count). The Morgan fingerprint density at radius 1 is 0.897 bits per heavy atom. The van der Waals surface area contributed by atoms with Crippen molar-refractivity contribution >= 4 is 22.7 Å². The minimum absolute atomic E-state index is 0.596. The number of aldehydes is 1. The van der Waals surface area contributed by atoms with Gasteiger partial charge in [0.25, 0.3) is 0 Å². The van der Waals surface area contributed by atoms with Crippen molar-refractivity contribution in [1.29, 1.82) is 0 Å². The molecule has 0 amide bonds. The molecule has 0 radical (unpaired) electrons. The summed E-state index contributed by atoms with van der Waals surface area (Å²) in [6.45, 7) is 3.38. The first kappa shape index (κ1) is 19.5. The molecule has 0 bridgehead atoms. The predicted octanol–water partition coefficient (Wildman–Crippen LogP) is 4.99. The lowest BCUT2D eigenvalue weighted by atomic mass is 9.99. The maximum Gasteiger partial charge on any atom is 0.416 e. The molecule has 1 aliphatic heterocycles. The molecule has 1 saturated heterocycles. The lowest BCUT2D eigenvalue weighted by Gasteiger charge is -2.36. The molecule has 1 aliphatic rings. The van der Waals surface area contributed by atoms with Crippen LogP contribution in [0.3, 0.4) is 0 Å². The lowest BCUT2D eigenvalue weighted by Crippen LogP contribution is -2.46. The molecule has 29 heavy (non-hydrogen) atoms. The first-order chi connectivity index (χ1) is 14.0. The zero-order chi connectivity index (χ0) is 20.4. The summed E-state index contributed by atoms with van der Waals surface area (Å²) in [6.07, 6.45) is -3.42. The van der Waals surface area contributed by atoms with Gasteiger partial charge in [-0.2, -0.15) is 13.2 Å². The van der Waals surface area contributed by atoms with Gasteiger partial charge in [0.2, 0.25) is 0 Å². The van der Waals surface area contributed by atoms with E-state index in [9.17, 15) is 18.0 Å². The van der Waals surface area contributed by atoms with Gasteiger partial charge < -0.3 is 4.90 Å². The van der Waals surface area contributed by atoms with Crippen molar-refractivity contribution in [2.24, 2.45) is 0 Å². The minimum Gasteiger partial charge on any atom is -0.369 e. The summed E-state index contributed by atoms with van der Waals surface area (Å²) >= 11 is 0. The third kappa shape index (κ3) is 4.12. The summed E-state index contributed by atoms with van der Waals surface area (Å²) in [6, 6.07) is 17.3. The number of piperazine rings is 1. The smallest absolute Gasteiger partial charge is 0.369 e. The molecule has 1 heterocycles. The van der Waals surface area contributed by atoms with Crippen LogP contribution in [0, 0.1) is 0 Å². The van der Waals surface area contributed by atoms with Crippen molar-refractivity contribution in [2.45, 2.75) is 12.7 Å². The van der Waals surface area contributed by atoms with Crippen LogP contribution in [0.15, 0.2) is 60.7 Å². The highest BCUT2D eigenvalue weighted by Gasteiger charge is 2.31. The zero-order valence-electron chi connectivity index (χ0n) is 15.8. The third-order valence-corrected chi connectivity index (χ3v) is 5.48. The van der Waals surface area contributed by atoms with Gasteiger partial charge in [0.05, 0.1) is 5.56 Å². The van der Waals surface area contributed by atoms with E-state index in [1.54, 1.807) is 6.07 Å². The predicted molar refractivity (Wildman–Crippen MR) is 108 cm³/mol. The number of fused-ring (bicyclic) bond motifs is 1. The highest BCUT2D eigenvalue weighted by Crippen LogP contribution is 2.32. The number of rotatable bonds is 4. The molecule has 0 atom stereocenters. The molecule has 0 saturated carbocycles. The Hall–Kier alpha value is -2.86. The van der Waals surface area contributed by atoms with E-state index in [1.807, 2.05) is 41.3 Å². The van der Waals surface area contributed by atoms with Gasteiger partial charge in [-0.15, -0.1) is 0 Å². The Labute approximate surface area is 167 Å². The zero-order valence-corrected chi connectivity index (χ0v) is 15.8. The highest BCUT2D eigenvalue weighted by atomic mass is 19.4. The van der Waals surface area contributed by atoms with Crippen molar-refractivity contribution in [2.75, 3.05) is 31.1 Å². The molecule has 150 valence electrons. The number of hydrogen-bond acceptors (Lipinski definition) is 3. The molecule has 0 aromatic heterocycles. The van der Waals surface area contributed by atoms with Crippen molar-refractivity contribution in [3.05, 3.63) is 77.4 Å². The fourth-order valence-corrected chi connectivity index (χ4v) is 3.90. The van der Waals surface area contributed by atoms with Gasteiger partial charge in [0, 0.05) is 44.0 Å². The van der Waals surface area contributed by atoms with Crippen LogP contribution in [-0.4, -0.2) is 37.4 Å². The number of halogens is 3. The molecular formula is C23H21F3N2O. The normalized spacial score (nSPS) is 15.6. The van der Waals surface area contributed by atoms with E-state index in [1.165, 1.54) is 12.1 Å². The Morgan fingerprint density at radius 3 is 2.38 bits per heavy atom. The molecule has 3 aromatic carbocycles. The third-order valence-electron chi connectivity index (χ3n) is 5.48. The number of nitrogens with zero attached hydrogens (tertiary/aromatic N) is 2. The molecule has 0 spiro atoms. The summed E-state index contributed by atoms with van der Waals surface area (Å²) in [5.74, 6) is 0. The van der Waals surface area contributed by atoms with Crippen LogP contribution in [0.1, 0.15) is 21.5 Å². The minimum atomic E-state index is -4.33. The van der Waals surface area contributed by atoms with Gasteiger partial charge in [-0.1, -0.05) is 42.5 Å². The largest absolute Gasteiger partial charge is 0.416 e. The fraction of sp³-hybridized carbons (Fsp3) is 0.261. The van der Waals surface area contributed by atoms with Crippen LogP contribution >= 0.6 is 0 Å². The molecular weight excluding hydrogens is 377 g/mol. The van der Waals surface area contributed by atoms with Gasteiger partial charge in [-0.25, -0.2) is 0 Å². The Kier molecular flexibility index (Phi) is 5.28. The number of alkyl halides is 3. The van der Waals surface area contributed by atoms with Crippen LogP contribution < -0.4 is 4.90 Å². The van der Waals surface area contributed by atoms with E-state index < -0.39 is 11.7 Å². The highest BCUT2D eigenvalue weighted by molar-refractivity contribution is 5.99. The van der Waals surface area contributed by atoms with Gasteiger partial charge in [0.1, 0.15) is 0 Å². The second-order valence-corrected chi connectivity index (χ2v) is 7.29. The average molecular weight is 398 g/mol. The van der Waals surface area contributed by atoms with Crippen molar-refractivity contribution in [3.8, 4) is 0 Å². The molecule has 0 N–H and O–H groups in total. The number of anilines is 1. The first-order valence-corrected chi connectivity index (χ1v) is 9.56. The van der Waals surface area contributed by atoms with Crippen molar-refractivity contribution in [1.82, 2.24) is 4.90 Å². The summed E-state index contributed by atoms with van der Waals surface area (Å²) in [5, 5.41) is 1.98. The molecule has 3 aromatic rings. The molecule has 3 nitrogen and oxygen atoms in total. The topological polar surface area (TPSA) is 23.6 Å². The summed E-state index contributed by atoms with van der Waals surface area (Å²) in [5.41, 5.74) is 1.66. The van der Waals surface area contributed by atoms with E-state index in [4.69, 9.17) is 0 Å². The number of carbonyl (C=O) groups excluding carboxylic acids is 1. The molecule has 6 heteroatoms. The SMILES string of the molecule is O=Cc1c(CN2CCN(c3cccc(C(F)(F)F)c3)CC2)ccc2ccccc12. The average Bonchev–Trinajstić information content (AvgIpc) is 2.73. The Balaban J connectivity index is 1.46. The number of carbonyl (C=O) groups is 1. The summed E-state index contributed by atoms with van der Waals surface area (Å²) in [4.78, 5) is 15.9. The maximum absolute atomic E-state index is 13.0. The van der Waals surface area contributed by atoms with E-state index >= 15 is 0 Å². The van der Waals surface area contributed by atoms with E-state index in [2.05, 4.69) is 4.90 Å². The molecule has 0 aliphatic carbocycles. The van der Waals surface area contributed by atoms with Crippen LogP contribution in [0.25, 0.3) is 10.8 Å². The van der Waals surface area contributed by atoms with Gasteiger partial charge in [-0.3, -0.25) is 9.69 Å². The van der Waals surface area contributed by atoms with Gasteiger partial charge in [-0.05, 0) is 34.5 Å². The number of hydrogen-bond donors (Lipinski definition) is 0.